The Morgan fingerprint density at radius 3 is 2.37 bits per heavy atom. The number of hydrogen-bond acceptors (Lipinski definition) is 3. The molecule has 4 nitrogen and oxygen atoms in total. The van der Waals surface area contributed by atoms with E-state index in [1.807, 2.05) is 6.20 Å². The number of aryl methyl sites for hydroxylation is 1. The van der Waals surface area contributed by atoms with Crippen molar-refractivity contribution in [3.05, 3.63) is 23.9 Å². The lowest BCUT2D eigenvalue weighted by Crippen LogP contribution is -2.41. The van der Waals surface area contributed by atoms with Gasteiger partial charge in [-0.2, -0.15) is 5.10 Å². The van der Waals surface area contributed by atoms with Crippen LogP contribution in [0.5, 0.6) is 0 Å². The van der Waals surface area contributed by atoms with Gasteiger partial charge in [0.25, 0.3) is 0 Å². The number of hydrogen-bond donors (Lipinski definition) is 1. The number of aromatic nitrogens is 2. The zero-order valence-electron chi connectivity index (χ0n) is 12.1. The molecule has 100 valence electrons. The van der Waals surface area contributed by atoms with E-state index in [9.17, 15) is 0 Å². The van der Waals surface area contributed by atoms with Crippen LogP contribution in [0.1, 0.15) is 33.3 Å². The molecular weight excluding hydrogens is 239 g/mol. The summed E-state index contributed by atoms with van der Waals surface area (Å²) in [4.78, 5) is 0. The van der Waals surface area contributed by atoms with Crippen LogP contribution >= 0.6 is 0 Å². The Hall–Kier alpha value is -1.33. The first-order valence-corrected chi connectivity index (χ1v) is 6.60. The highest BCUT2D eigenvalue weighted by atomic mass is 16.7. The number of H-pyrrole nitrogens is 1. The minimum Gasteiger partial charge on any atom is -0.399 e. The molecule has 3 rings (SSSR count). The van der Waals surface area contributed by atoms with Gasteiger partial charge in [0.1, 0.15) is 0 Å². The molecule has 0 spiro atoms. The Balaban J connectivity index is 2.08. The van der Waals surface area contributed by atoms with E-state index >= 15 is 0 Å². The van der Waals surface area contributed by atoms with Crippen LogP contribution in [0, 0.1) is 6.92 Å². The Bertz CT molecular complexity index is 617. The van der Waals surface area contributed by atoms with Crippen LogP contribution in [-0.2, 0) is 9.31 Å². The summed E-state index contributed by atoms with van der Waals surface area (Å²) in [5.41, 5.74) is 2.62. The van der Waals surface area contributed by atoms with Crippen molar-refractivity contribution in [2.75, 3.05) is 0 Å². The molecule has 1 aliphatic heterocycles. The second-order valence-electron chi connectivity index (χ2n) is 6.22. The van der Waals surface area contributed by atoms with E-state index in [1.165, 1.54) is 5.56 Å². The van der Waals surface area contributed by atoms with E-state index in [-0.39, 0.29) is 18.3 Å². The van der Waals surface area contributed by atoms with E-state index in [4.69, 9.17) is 9.31 Å². The topological polar surface area (TPSA) is 47.1 Å². The molecule has 0 saturated carbocycles. The van der Waals surface area contributed by atoms with Gasteiger partial charge in [-0.1, -0.05) is 12.1 Å². The van der Waals surface area contributed by atoms with Gasteiger partial charge in [-0.25, -0.2) is 0 Å². The lowest BCUT2D eigenvalue weighted by Gasteiger charge is -2.32. The molecule has 1 aliphatic rings. The third-order valence-electron chi connectivity index (χ3n) is 4.36. The van der Waals surface area contributed by atoms with E-state index < -0.39 is 0 Å². The first kappa shape index (κ1) is 12.7. The van der Waals surface area contributed by atoms with Crippen molar-refractivity contribution in [1.82, 2.24) is 10.2 Å². The average molecular weight is 258 g/mol. The summed E-state index contributed by atoms with van der Waals surface area (Å²) in [5, 5.41) is 8.23. The van der Waals surface area contributed by atoms with Crippen molar-refractivity contribution in [2.24, 2.45) is 0 Å². The van der Waals surface area contributed by atoms with Crippen LogP contribution in [0.3, 0.4) is 0 Å². The van der Waals surface area contributed by atoms with E-state index in [0.717, 1.165) is 16.4 Å². The first-order chi connectivity index (χ1) is 8.82. The highest BCUT2D eigenvalue weighted by molar-refractivity contribution is 6.65. The summed E-state index contributed by atoms with van der Waals surface area (Å²) in [5.74, 6) is 0. The lowest BCUT2D eigenvalue weighted by molar-refractivity contribution is 0.00578. The van der Waals surface area contributed by atoms with Crippen LogP contribution in [-0.4, -0.2) is 28.5 Å². The predicted molar refractivity (Wildman–Crippen MR) is 76.5 cm³/mol. The molecule has 1 N–H and O–H groups in total. The van der Waals surface area contributed by atoms with E-state index in [2.05, 4.69) is 56.9 Å². The maximum Gasteiger partial charge on any atom is 0.495 e. The highest BCUT2D eigenvalue weighted by Gasteiger charge is 2.52. The molecular formula is C14H19BN2O2. The zero-order valence-corrected chi connectivity index (χ0v) is 12.1. The molecule has 19 heavy (non-hydrogen) atoms. The van der Waals surface area contributed by atoms with Gasteiger partial charge in [0.2, 0.25) is 0 Å². The fourth-order valence-electron chi connectivity index (χ4n) is 2.37. The fourth-order valence-corrected chi connectivity index (χ4v) is 2.37. The SMILES string of the molecule is Cc1ccc(B2OC(C)(C)C(C)(C)O2)c2cn[nH]c12. The van der Waals surface area contributed by atoms with Gasteiger partial charge in [0.15, 0.2) is 0 Å². The molecule has 1 saturated heterocycles. The summed E-state index contributed by atoms with van der Waals surface area (Å²) in [7, 11) is -0.342. The predicted octanol–water partition coefficient (Wildman–Crippen LogP) is 2.17. The third kappa shape index (κ3) is 1.80. The smallest absolute Gasteiger partial charge is 0.399 e. The molecule has 2 aromatic rings. The van der Waals surface area contributed by atoms with Crippen molar-refractivity contribution in [3.63, 3.8) is 0 Å². The van der Waals surface area contributed by atoms with Crippen molar-refractivity contribution in [1.29, 1.82) is 0 Å². The molecule has 2 heterocycles. The molecule has 0 unspecified atom stereocenters. The van der Waals surface area contributed by atoms with Gasteiger partial charge >= 0.3 is 7.12 Å². The van der Waals surface area contributed by atoms with Gasteiger partial charge in [-0.15, -0.1) is 0 Å². The zero-order chi connectivity index (χ0) is 13.8. The number of nitrogens with zero attached hydrogens (tertiary/aromatic N) is 1. The molecule has 0 radical (unpaired) electrons. The molecule has 0 bridgehead atoms. The molecule has 1 aromatic heterocycles. The molecule has 5 heteroatoms. The van der Waals surface area contributed by atoms with Gasteiger partial charge < -0.3 is 9.31 Å². The standard InChI is InChI=1S/C14H19BN2O2/c1-9-6-7-11(10-8-16-17-12(9)10)15-18-13(2,3)14(4,5)19-15/h6-8H,1-5H3,(H,16,17). The Morgan fingerprint density at radius 2 is 1.74 bits per heavy atom. The normalized spacial score (nSPS) is 21.2. The minimum atomic E-state index is -0.342. The summed E-state index contributed by atoms with van der Waals surface area (Å²) >= 11 is 0. The van der Waals surface area contributed by atoms with Crippen LogP contribution in [0.25, 0.3) is 10.9 Å². The van der Waals surface area contributed by atoms with Crippen molar-refractivity contribution in [2.45, 2.75) is 45.8 Å². The quantitative estimate of drug-likeness (QED) is 0.797. The van der Waals surface area contributed by atoms with Crippen LogP contribution in [0.15, 0.2) is 18.3 Å². The number of nitrogens with one attached hydrogen (secondary N) is 1. The molecule has 1 fully saturated rings. The van der Waals surface area contributed by atoms with E-state index in [0.29, 0.717) is 0 Å². The maximum absolute atomic E-state index is 6.10. The van der Waals surface area contributed by atoms with E-state index in [1.54, 1.807) is 0 Å². The lowest BCUT2D eigenvalue weighted by atomic mass is 9.76. The Labute approximate surface area is 113 Å². The van der Waals surface area contributed by atoms with Gasteiger partial charge in [-0.3, -0.25) is 5.10 Å². The molecule has 0 atom stereocenters. The molecule has 0 aliphatic carbocycles. The summed E-state index contributed by atoms with van der Waals surface area (Å²) < 4.78 is 12.2. The first-order valence-electron chi connectivity index (χ1n) is 6.60. The van der Waals surface area contributed by atoms with Crippen molar-refractivity contribution < 1.29 is 9.31 Å². The number of benzene rings is 1. The largest absolute Gasteiger partial charge is 0.495 e. The maximum atomic E-state index is 6.10. The molecule has 1 aromatic carbocycles. The van der Waals surface area contributed by atoms with Crippen molar-refractivity contribution >= 4 is 23.5 Å². The second-order valence-corrected chi connectivity index (χ2v) is 6.22. The Kier molecular flexibility index (Phi) is 2.56. The number of aromatic amines is 1. The average Bonchev–Trinajstić information content (AvgIpc) is 2.84. The molecule has 0 amide bonds. The monoisotopic (exact) mass is 258 g/mol. The van der Waals surface area contributed by atoms with Crippen LogP contribution in [0.4, 0.5) is 0 Å². The van der Waals surface area contributed by atoms with Gasteiger partial charge in [0.05, 0.1) is 22.9 Å². The summed E-state index contributed by atoms with van der Waals surface area (Å²) in [6.45, 7) is 10.3. The highest BCUT2D eigenvalue weighted by Crippen LogP contribution is 2.37. The second kappa shape index (κ2) is 3.84. The minimum absolute atomic E-state index is 0.321. The van der Waals surface area contributed by atoms with Gasteiger partial charge in [0, 0.05) is 5.39 Å². The van der Waals surface area contributed by atoms with Crippen LogP contribution < -0.4 is 5.46 Å². The third-order valence-corrected chi connectivity index (χ3v) is 4.36. The van der Waals surface area contributed by atoms with Crippen LogP contribution in [0.2, 0.25) is 0 Å². The summed E-state index contributed by atoms with van der Waals surface area (Å²) in [6.07, 6.45) is 1.84. The van der Waals surface area contributed by atoms with Gasteiger partial charge in [-0.05, 0) is 45.6 Å². The fraction of sp³-hybridized carbons (Fsp3) is 0.500. The Morgan fingerprint density at radius 1 is 1.11 bits per heavy atom. The number of rotatable bonds is 1. The number of fused-ring (bicyclic) bond motifs is 1. The van der Waals surface area contributed by atoms with Crippen molar-refractivity contribution in [3.8, 4) is 0 Å². The summed E-state index contributed by atoms with van der Waals surface area (Å²) in [6, 6.07) is 4.14.